The van der Waals surface area contributed by atoms with Crippen LogP contribution in [0.2, 0.25) is 5.02 Å². The fourth-order valence-corrected chi connectivity index (χ4v) is 3.54. The van der Waals surface area contributed by atoms with Gasteiger partial charge in [0.25, 0.3) is 5.91 Å². The maximum absolute atomic E-state index is 12.3. The fourth-order valence-electron chi connectivity index (χ4n) is 3.42. The number of rotatable bonds is 7. The van der Waals surface area contributed by atoms with Gasteiger partial charge in [-0.1, -0.05) is 47.9 Å². The summed E-state index contributed by atoms with van der Waals surface area (Å²) in [6, 6.07) is 15.8. The van der Waals surface area contributed by atoms with E-state index in [0.717, 1.165) is 13.1 Å². The van der Waals surface area contributed by atoms with Gasteiger partial charge in [0.2, 0.25) is 0 Å². The maximum atomic E-state index is 12.3. The Kier molecular flexibility index (Phi) is 7.13. The maximum Gasteiger partial charge on any atom is 0.258 e. The molecule has 1 amide bonds. The lowest BCUT2D eigenvalue weighted by atomic mass is 10.0. The van der Waals surface area contributed by atoms with E-state index in [4.69, 9.17) is 16.3 Å². The second kappa shape index (κ2) is 9.77. The molecule has 0 bridgehead atoms. The van der Waals surface area contributed by atoms with Crippen LogP contribution < -0.4 is 10.1 Å². The van der Waals surface area contributed by atoms with Crippen molar-refractivity contribution in [1.82, 2.24) is 10.2 Å². The van der Waals surface area contributed by atoms with Crippen molar-refractivity contribution in [3.05, 3.63) is 64.7 Å². The lowest BCUT2D eigenvalue weighted by molar-refractivity contribution is -0.123. The van der Waals surface area contributed by atoms with E-state index in [1.165, 1.54) is 30.4 Å². The number of ether oxygens (including phenoxy) is 1. The highest BCUT2D eigenvalue weighted by Crippen LogP contribution is 2.24. The Bertz CT molecular complexity index is 725. The molecule has 0 aromatic heterocycles. The Labute approximate surface area is 166 Å². The highest BCUT2D eigenvalue weighted by Gasteiger charge is 2.22. The molecule has 1 aliphatic rings. The molecule has 0 aliphatic carbocycles. The van der Waals surface area contributed by atoms with Crippen LogP contribution in [0, 0.1) is 6.92 Å². The minimum absolute atomic E-state index is 0.00223. The van der Waals surface area contributed by atoms with Gasteiger partial charge in [0.15, 0.2) is 6.61 Å². The molecule has 0 radical (unpaired) electrons. The first-order valence-corrected chi connectivity index (χ1v) is 9.95. The van der Waals surface area contributed by atoms with E-state index in [0.29, 0.717) is 17.3 Å². The van der Waals surface area contributed by atoms with Crippen LogP contribution in [-0.2, 0) is 4.79 Å². The number of carbonyl (C=O) groups excluding carboxylic acids is 1. The van der Waals surface area contributed by atoms with Gasteiger partial charge in [-0.2, -0.15) is 0 Å². The van der Waals surface area contributed by atoms with Crippen molar-refractivity contribution in [3.8, 4) is 5.75 Å². The Morgan fingerprint density at radius 1 is 1.07 bits per heavy atom. The number of hydrogen-bond donors (Lipinski definition) is 1. The van der Waals surface area contributed by atoms with Gasteiger partial charge in [0.1, 0.15) is 5.75 Å². The molecule has 27 heavy (non-hydrogen) atoms. The number of halogens is 1. The van der Waals surface area contributed by atoms with Gasteiger partial charge in [-0.05, 0) is 62.7 Å². The van der Waals surface area contributed by atoms with E-state index in [1.807, 2.05) is 0 Å². The molecule has 1 N–H and O–H groups in total. The molecule has 0 spiro atoms. The molecule has 1 aliphatic heterocycles. The summed E-state index contributed by atoms with van der Waals surface area (Å²) in [4.78, 5) is 14.8. The molecule has 1 heterocycles. The topological polar surface area (TPSA) is 41.6 Å². The highest BCUT2D eigenvalue weighted by molar-refractivity contribution is 6.30. The number of piperidine rings is 1. The summed E-state index contributed by atoms with van der Waals surface area (Å²) in [6.45, 7) is 4.84. The molecular formula is C22H27ClN2O2. The molecular weight excluding hydrogens is 360 g/mol. The molecule has 3 rings (SSSR count). The van der Waals surface area contributed by atoms with Gasteiger partial charge >= 0.3 is 0 Å². The third kappa shape index (κ3) is 5.98. The third-order valence-corrected chi connectivity index (χ3v) is 5.22. The third-order valence-electron chi connectivity index (χ3n) is 4.97. The average Bonchev–Trinajstić information content (AvgIpc) is 2.70. The molecule has 2 aromatic carbocycles. The Morgan fingerprint density at radius 3 is 2.41 bits per heavy atom. The summed E-state index contributed by atoms with van der Waals surface area (Å²) >= 11 is 5.86. The van der Waals surface area contributed by atoms with Crippen LogP contribution >= 0.6 is 11.6 Å². The van der Waals surface area contributed by atoms with Crippen molar-refractivity contribution in [3.63, 3.8) is 0 Å². The second-order valence-electron chi connectivity index (χ2n) is 7.07. The number of hydrogen-bond acceptors (Lipinski definition) is 3. The molecule has 0 saturated carbocycles. The lowest BCUT2D eigenvalue weighted by Crippen LogP contribution is -2.41. The van der Waals surface area contributed by atoms with E-state index >= 15 is 0 Å². The summed E-state index contributed by atoms with van der Waals surface area (Å²) in [5.74, 6) is 0.528. The summed E-state index contributed by atoms with van der Waals surface area (Å²) in [5, 5.41) is 3.69. The van der Waals surface area contributed by atoms with Crippen molar-refractivity contribution in [2.75, 3.05) is 26.2 Å². The van der Waals surface area contributed by atoms with Gasteiger partial charge in [-0.25, -0.2) is 0 Å². The number of aryl methyl sites for hydroxylation is 1. The predicted molar refractivity (Wildman–Crippen MR) is 109 cm³/mol. The summed E-state index contributed by atoms with van der Waals surface area (Å²) in [7, 11) is 0. The van der Waals surface area contributed by atoms with E-state index in [1.54, 1.807) is 24.3 Å². The summed E-state index contributed by atoms with van der Waals surface area (Å²) in [6.07, 6.45) is 3.73. The van der Waals surface area contributed by atoms with E-state index < -0.39 is 0 Å². The van der Waals surface area contributed by atoms with Crippen LogP contribution in [0.25, 0.3) is 0 Å². The molecule has 4 nitrogen and oxygen atoms in total. The quantitative estimate of drug-likeness (QED) is 0.768. The largest absolute Gasteiger partial charge is 0.484 e. The van der Waals surface area contributed by atoms with Crippen molar-refractivity contribution >= 4 is 17.5 Å². The van der Waals surface area contributed by atoms with Crippen molar-refractivity contribution in [1.29, 1.82) is 0 Å². The second-order valence-corrected chi connectivity index (χ2v) is 7.51. The molecule has 5 heteroatoms. The first kappa shape index (κ1) is 19.7. The zero-order chi connectivity index (χ0) is 19.1. The fraction of sp³-hybridized carbons (Fsp3) is 0.409. The Hall–Kier alpha value is -2.04. The number of likely N-dealkylation sites (tertiary alicyclic amines) is 1. The first-order chi connectivity index (χ1) is 13.1. The predicted octanol–water partition coefficient (Wildman–Crippen LogP) is 4.37. The minimum Gasteiger partial charge on any atom is -0.484 e. The molecule has 144 valence electrons. The lowest BCUT2D eigenvalue weighted by Gasteiger charge is -2.35. The summed E-state index contributed by atoms with van der Waals surface area (Å²) in [5.41, 5.74) is 2.50. The minimum atomic E-state index is -0.112. The van der Waals surface area contributed by atoms with Crippen LogP contribution in [0.4, 0.5) is 0 Å². The molecule has 2 aromatic rings. The van der Waals surface area contributed by atoms with Gasteiger partial charge in [-0.3, -0.25) is 9.69 Å². The number of nitrogens with one attached hydrogen (secondary N) is 1. The van der Waals surface area contributed by atoms with Crippen LogP contribution in [0.1, 0.15) is 36.4 Å². The van der Waals surface area contributed by atoms with Crippen molar-refractivity contribution in [2.45, 2.75) is 32.2 Å². The van der Waals surface area contributed by atoms with Crippen molar-refractivity contribution < 1.29 is 9.53 Å². The van der Waals surface area contributed by atoms with Gasteiger partial charge in [0.05, 0.1) is 6.04 Å². The SMILES string of the molecule is Cc1ccc([C@@H](CNC(=O)COc2ccc(Cl)cc2)N2CCCCC2)cc1. The van der Waals surface area contributed by atoms with Crippen LogP contribution in [0.15, 0.2) is 48.5 Å². The molecule has 0 unspecified atom stereocenters. The highest BCUT2D eigenvalue weighted by atomic mass is 35.5. The van der Waals surface area contributed by atoms with E-state index in [2.05, 4.69) is 41.4 Å². The van der Waals surface area contributed by atoms with Crippen molar-refractivity contribution in [2.24, 2.45) is 0 Å². The standard InChI is InChI=1S/C22H27ClN2O2/c1-17-5-7-18(8-6-17)21(25-13-3-2-4-14-25)15-24-22(26)16-27-20-11-9-19(23)10-12-20/h5-12,21H,2-4,13-16H2,1H3,(H,24,26)/t21-/m1/s1. The zero-order valence-corrected chi connectivity index (χ0v) is 16.5. The van der Waals surface area contributed by atoms with Gasteiger partial charge in [-0.15, -0.1) is 0 Å². The van der Waals surface area contributed by atoms with E-state index in [9.17, 15) is 4.79 Å². The zero-order valence-electron chi connectivity index (χ0n) is 15.8. The molecule has 1 atom stereocenters. The average molecular weight is 387 g/mol. The first-order valence-electron chi connectivity index (χ1n) is 9.57. The number of carbonyl (C=O) groups is 1. The number of benzene rings is 2. The van der Waals surface area contributed by atoms with Crippen LogP contribution in [0.3, 0.4) is 0 Å². The summed E-state index contributed by atoms with van der Waals surface area (Å²) < 4.78 is 5.54. The van der Waals surface area contributed by atoms with Crippen LogP contribution in [0.5, 0.6) is 5.75 Å². The van der Waals surface area contributed by atoms with Gasteiger partial charge < -0.3 is 10.1 Å². The number of nitrogens with zero attached hydrogens (tertiary/aromatic N) is 1. The normalized spacial score (nSPS) is 15.9. The van der Waals surface area contributed by atoms with E-state index in [-0.39, 0.29) is 18.6 Å². The Balaban J connectivity index is 1.57. The molecule has 1 fully saturated rings. The smallest absolute Gasteiger partial charge is 0.258 e. The Morgan fingerprint density at radius 2 is 1.74 bits per heavy atom. The van der Waals surface area contributed by atoms with Crippen LogP contribution in [-0.4, -0.2) is 37.0 Å². The van der Waals surface area contributed by atoms with Gasteiger partial charge in [0, 0.05) is 11.6 Å². The molecule has 1 saturated heterocycles. The number of amides is 1. The monoisotopic (exact) mass is 386 g/mol.